The molecule has 0 aromatic carbocycles. The lowest BCUT2D eigenvalue weighted by Gasteiger charge is -2.32. The van der Waals surface area contributed by atoms with Crippen molar-refractivity contribution in [1.29, 1.82) is 0 Å². The van der Waals surface area contributed by atoms with E-state index < -0.39 is 0 Å². The number of carbonyl (C=O) groups excluding carboxylic acids is 1. The number of urea groups is 1. The molecule has 0 aliphatic carbocycles. The molecule has 0 aromatic rings. The van der Waals surface area contributed by atoms with Crippen molar-refractivity contribution in [3.63, 3.8) is 0 Å². The van der Waals surface area contributed by atoms with Gasteiger partial charge < -0.3 is 15.5 Å². The van der Waals surface area contributed by atoms with Gasteiger partial charge in [-0.15, -0.1) is 0 Å². The maximum absolute atomic E-state index is 11.4. The maximum Gasteiger partial charge on any atom is 0.319 e. The van der Waals surface area contributed by atoms with Crippen LogP contribution in [0.4, 0.5) is 4.79 Å². The number of likely N-dealkylation sites (tertiary alicyclic amines) is 1. The second kappa shape index (κ2) is 3.76. The largest absolute Gasteiger partial charge is 0.331 e. The summed E-state index contributed by atoms with van der Waals surface area (Å²) in [6, 6.07) is 0.243. The van der Waals surface area contributed by atoms with E-state index in [1.165, 1.54) is 0 Å². The van der Waals surface area contributed by atoms with Crippen LogP contribution in [0.2, 0.25) is 0 Å². The van der Waals surface area contributed by atoms with E-state index in [1.807, 2.05) is 4.90 Å². The summed E-state index contributed by atoms with van der Waals surface area (Å²) >= 11 is 0. The molecule has 1 rings (SSSR count). The Labute approximate surface area is 73.3 Å². The van der Waals surface area contributed by atoms with Crippen molar-refractivity contribution in [2.75, 3.05) is 27.2 Å². The van der Waals surface area contributed by atoms with Gasteiger partial charge in [0.2, 0.25) is 0 Å². The van der Waals surface area contributed by atoms with E-state index in [9.17, 15) is 4.79 Å². The zero-order valence-corrected chi connectivity index (χ0v) is 7.79. The van der Waals surface area contributed by atoms with Crippen molar-refractivity contribution in [2.24, 2.45) is 5.73 Å². The molecule has 4 heteroatoms. The van der Waals surface area contributed by atoms with Gasteiger partial charge in [0.25, 0.3) is 0 Å². The molecule has 0 radical (unpaired) electrons. The Hall–Kier alpha value is -0.770. The summed E-state index contributed by atoms with van der Waals surface area (Å²) in [7, 11) is 3.53. The Morgan fingerprint density at radius 3 is 2.75 bits per heavy atom. The van der Waals surface area contributed by atoms with E-state index in [0.717, 1.165) is 19.4 Å². The minimum absolute atomic E-state index is 0.0742. The topological polar surface area (TPSA) is 49.6 Å². The molecular formula is C8H17N3O. The maximum atomic E-state index is 11.4. The molecule has 1 fully saturated rings. The highest BCUT2D eigenvalue weighted by Crippen LogP contribution is 2.09. The number of amides is 2. The van der Waals surface area contributed by atoms with E-state index >= 15 is 0 Å². The van der Waals surface area contributed by atoms with Gasteiger partial charge in [-0.05, 0) is 12.8 Å². The molecule has 0 bridgehead atoms. The molecule has 2 amide bonds. The van der Waals surface area contributed by atoms with E-state index in [-0.39, 0.29) is 12.1 Å². The first-order valence-electron chi connectivity index (χ1n) is 4.33. The molecule has 2 N–H and O–H groups in total. The Balaban J connectivity index is 2.46. The third-order valence-corrected chi connectivity index (χ3v) is 2.11. The van der Waals surface area contributed by atoms with Gasteiger partial charge in [-0.2, -0.15) is 0 Å². The van der Waals surface area contributed by atoms with E-state index in [2.05, 4.69) is 0 Å². The van der Waals surface area contributed by atoms with Gasteiger partial charge in [-0.3, -0.25) is 0 Å². The Kier molecular flexibility index (Phi) is 2.92. The van der Waals surface area contributed by atoms with E-state index in [1.54, 1.807) is 19.0 Å². The zero-order valence-electron chi connectivity index (χ0n) is 7.79. The van der Waals surface area contributed by atoms with Gasteiger partial charge in [0.15, 0.2) is 0 Å². The molecule has 0 saturated carbocycles. The molecule has 0 aromatic heterocycles. The third kappa shape index (κ3) is 2.11. The number of hydrogen-bond acceptors (Lipinski definition) is 2. The third-order valence-electron chi connectivity index (χ3n) is 2.11. The Morgan fingerprint density at radius 2 is 2.25 bits per heavy atom. The number of hydrogen-bond donors (Lipinski definition) is 1. The monoisotopic (exact) mass is 171 g/mol. The quantitative estimate of drug-likeness (QED) is 0.561. The van der Waals surface area contributed by atoms with Crippen LogP contribution in [0.15, 0.2) is 0 Å². The molecule has 4 nitrogen and oxygen atoms in total. The lowest BCUT2D eigenvalue weighted by molar-refractivity contribution is 0.155. The van der Waals surface area contributed by atoms with Crippen LogP contribution in [-0.4, -0.2) is 49.1 Å². The normalized spacial score (nSPS) is 23.9. The first-order chi connectivity index (χ1) is 5.61. The highest BCUT2D eigenvalue weighted by Gasteiger charge is 2.21. The van der Waals surface area contributed by atoms with Crippen LogP contribution < -0.4 is 5.73 Å². The van der Waals surface area contributed by atoms with Crippen molar-refractivity contribution in [2.45, 2.75) is 18.9 Å². The molecular weight excluding hydrogens is 154 g/mol. The predicted molar refractivity (Wildman–Crippen MR) is 47.9 cm³/mol. The average Bonchev–Trinajstić information content (AvgIpc) is 2.03. The zero-order chi connectivity index (χ0) is 9.14. The lowest BCUT2D eigenvalue weighted by atomic mass is 10.1. The number of rotatable bonds is 0. The summed E-state index contributed by atoms with van der Waals surface area (Å²) in [6.07, 6.45) is 2.07. The second-order valence-electron chi connectivity index (χ2n) is 3.53. The van der Waals surface area contributed by atoms with Crippen molar-refractivity contribution in [1.82, 2.24) is 9.80 Å². The number of carbonyl (C=O) groups is 1. The standard InChI is InChI=1S/C8H17N3O/c1-10(2)8(12)11-5-3-4-7(9)6-11/h7H,3-6,9H2,1-2H3/t7-/m1/s1. The fourth-order valence-electron chi connectivity index (χ4n) is 1.47. The van der Waals surface area contributed by atoms with E-state index in [0.29, 0.717) is 6.54 Å². The summed E-state index contributed by atoms with van der Waals surface area (Å²) in [4.78, 5) is 14.8. The van der Waals surface area contributed by atoms with Crippen molar-refractivity contribution < 1.29 is 4.79 Å². The van der Waals surface area contributed by atoms with Crippen LogP contribution in [-0.2, 0) is 0 Å². The van der Waals surface area contributed by atoms with Gasteiger partial charge in [0, 0.05) is 33.2 Å². The number of nitrogens with zero attached hydrogens (tertiary/aromatic N) is 2. The van der Waals surface area contributed by atoms with Crippen molar-refractivity contribution >= 4 is 6.03 Å². The van der Waals surface area contributed by atoms with Gasteiger partial charge in [0.1, 0.15) is 0 Å². The Morgan fingerprint density at radius 1 is 1.58 bits per heavy atom. The molecule has 0 spiro atoms. The Bertz CT molecular complexity index is 170. The molecule has 1 aliphatic rings. The van der Waals surface area contributed by atoms with Gasteiger partial charge in [0.05, 0.1) is 0 Å². The summed E-state index contributed by atoms with van der Waals surface area (Å²) in [5, 5.41) is 0. The van der Waals surface area contributed by atoms with Crippen molar-refractivity contribution in [3.8, 4) is 0 Å². The first-order valence-corrected chi connectivity index (χ1v) is 4.33. The minimum atomic E-state index is 0.0742. The van der Waals surface area contributed by atoms with Gasteiger partial charge in [-0.1, -0.05) is 0 Å². The molecule has 1 saturated heterocycles. The van der Waals surface area contributed by atoms with Gasteiger partial charge in [-0.25, -0.2) is 4.79 Å². The highest BCUT2D eigenvalue weighted by molar-refractivity contribution is 5.73. The van der Waals surface area contributed by atoms with Crippen LogP contribution in [0.25, 0.3) is 0 Å². The smallest absolute Gasteiger partial charge is 0.319 e. The van der Waals surface area contributed by atoms with Crippen LogP contribution in [0.5, 0.6) is 0 Å². The molecule has 70 valence electrons. The van der Waals surface area contributed by atoms with Crippen LogP contribution in [0.3, 0.4) is 0 Å². The SMILES string of the molecule is CN(C)C(=O)N1CCC[C@@H](N)C1. The summed E-state index contributed by atoms with van der Waals surface area (Å²) in [5.41, 5.74) is 5.75. The van der Waals surface area contributed by atoms with Gasteiger partial charge >= 0.3 is 6.03 Å². The second-order valence-corrected chi connectivity index (χ2v) is 3.53. The van der Waals surface area contributed by atoms with Crippen LogP contribution in [0, 0.1) is 0 Å². The molecule has 1 atom stereocenters. The first kappa shape index (κ1) is 9.32. The van der Waals surface area contributed by atoms with Crippen LogP contribution >= 0.6 is 0 Å². The molecule has 1 aliphatic heterocycles. The van der Waals surface area contributed by atoms with E-state index in [4.69, 9.17) is 5.73 Å². The highest BCUT2D eigenvalue weighted by atomic mass is 16.2. The fraction of sp³-hybridized carbons (Fsp3) is 0.875. The minimum Gasteiger partial charge on any atom is -0.331 e. The summed E-state index contributed by atoms with van der Waals surface area (Å²) < 4.78 is 0. The summed E-state index contributed by atoms with van der Waals surface area (Å²) in [6.45, 7) is 1.56. The average molecular weight is 171 g/mol. The molecule has 1 heterocycles. The lowest BCUT2D eigenvalue weighted by Crippen LogP contribution is -2.49. The molecule has 0 unspecified atom stereocenters. The fourth-order valence-corrected chi connectivity index (χ4v) is 1.47. The van der Waals surface area contributed by atoms with Crippen LogP contribution in [0.1, 0.15) is 12.8 Å². The van der Waals surface area contributed by atoms with Crippen molar-refractivity contribution in [3.05, 3.63) is 0 Å². The summed E-state index contributed by atoms with van der Waals surface area (Å²) in [5.74, 6) is 0. The molecule has 12 heavy (non-hydrogen) atoms. The number of piperidine rings is 1. The number of nitrogens with two attached hydrogens (primary N) is 1. The predicted octanol–water partition coefficient (Wildman–Crippen LogP) is 0.0911.